The number of rotatable bonds is 3. The van der Waals surface area contributed by atoms with Crippen LogP contribution in [0.3, 0.4) is 0 Å². The average Bonchev–Trinajstić information content (AvgIpc) is 3.27. The van der Waals surface area contributed by atoms with Crippen molar-refractivity contribution in [3.05, 3.63) is 42.7 Å². The molecule has 1 atom stereocenters. The summed E-state index contributed by atoms with van der Waals surface area (Å²) in [5, 5.41) is 8.51. The van der Waals surface area contributed by atoms with Crippen LogP contribution < -0.4 is 10.6 Å². The molecule has 0 aromatic carbocycles. The van der Waals surface area contributed by atoms with Crippen LogP contribution in [0.5, 0.6) is 0 Å². The molecule has 0 amide bonds. The second-order valence-electron chi connectivity index (χ2n) is 6.12. The molecule has 0 aliphatic carbocycles. The van der Waals surface area contributed by atoms with Gasteiger partial charge in [0.05, 0.1) is 6.20 Å². The summed E-state index contributed by atoms with van der Waals surface area (Å²) in [6, 6.07) is 1.85. The van der Waals surface area contributed by atoms with E-state index in [0.29, 0.717) is 17.4 Å². The van der Waals surface area contributed by atoms with Gasteiger partial charge in [0.25, 0.3) is 0 Å². The molecule has 1 saturated heterocycles. The standard InChI is InChI=1S/C16H20N8/c1-22-9-13(8-21-22)12-4-2-6-23(10-12)15-14(17)16(19-11-18-15)24-7-3-5-20-24/h3,5,7-9,11-12H,2,4,6,10,17H2,1H3. The van der Waals surface area contributed by atoms with Crippen molar-refractivity contribution in [2.75, 3.05) is 23.7 Å². The lowest BCUT2D eigenvalue weighted by Gasteiger charge is -2.33. The van der Waals surface area contributed by atoms with Gasteiger partial charge in [-0.25, -0.2) is 14.6 Å². The Morgan fingerprint density at radius 1 is 1.21 bits per heavy atom. The second kappa shape index (κ2) is 5.95. The Labute approximate surface area is 139 Å². The van der Waals surface area contributed by atoms with Crippen LogP contribution >= 0.6 is 0 Å². The van der Waals surface area contributed by atoms with Gasteiger partial charge in [0.2, 0.25) is 0 Å². The molecular formula is C16H20N8. The van der Waals surface area contributed by atoms with Crippen LogP contribution in [0.4, 0.5) is 11.5 Å². The third kappa shape index (κ3) is 2.60. The molecule has 2 N–H and O–H groups in total. The van der Waals surface area contributed by atoms with E-state index in [0.717, 1.165) is 31.7 Å². The Kier molecular flexibility index (Phi) is 3.64. The zero-order valence-electron chi connectivity index (χ0n) is 13.6. The number of aromatic nitrogens is 6. The van der Waals surface area contributed by atoms with Gasteiger partial charge in [-0.3, -0.25) is 4.68 Å². The summed E-state index contributed by atoms with van der Waals surface area (Å²) in [5.74, 6) is 1.84. The summed E-state index contributed by atoms with van der Waals surface area (Å²) in [6.45, 7) is 1.82. The minimum absolute atomic E-state index is 0.440. The molecule has 124 valence electrons. The molecule has 1 fully saturated rings. The summed E-state index contributed by atoms with van der Waals surface area (Å²) in [4.78, 5) is 11.0. The summed E-state index contributed by atoms with van der Waals surface area (Å²) in [5.41, 5.74) is 8.18. The smallest absolute Gasteiger partial charge is 0.181 e. The molecule has 0 spiro atoms. The van der Waals surface area contributed by atoms with E-state index in [2.05, 4.69) is 31.3 Å². The second-order valence-corrected chi connectivity index (χ2v) is 6.12. The molecular weight excluding hydrogens is 304 g/mol. The number of nitrogens with zero attached hydrogens (tertiary/aromatic N) is 7. The third-order valence-corrected chi connectivity index (χ3v) is 4.48. The lowest BCUT2D eigenvalue weighted by Crippen LogP contribution is -2.35. The molecule has 3 aromatic heterocycles. The topological polar surface area (TPSA) is 90.7 Å². The third-order valence-electron chi connectivity index (χ3n) is 4.48. The van der Waals surface area contributed by atoms with Gasteiger partial charge in [0.15, 0.2) is 11.6 Å². The molecule has 1 unspecified atom stereocenters. The number of nitrogens with two attached hydrogens (primary N) is 1. The van der Waals surface area contributed by atoms with Gasteiger partial charge in [0.1, 0.15) is 12.0 Å². The summed E-state index contributed by atoms with van der Waals surface area (Å²) in [7, 11) is 1.95. The number of hydrogen-bond donors (Lipinski definition) is 1. The van der Waals surface area contributed by atoms with Crippen molar-refractivity contribution in [2.24, 2.45) is 7.05 Å². The largest absolute Gasteiger partial charge is 0.393 e. The molecule has 4 heterocycles. The molecule has 8 nitrogen and oxygen atoms in total. The molecule has 1 aliphatic heterocycles. The summed E-state index contributed by atoms with van der Waals surface area (Å²) < 4.78 is 3.52. The summed E-state index contributed by atoms with van der Waals surface area (Å²) >= 11 is 0. The molecule has 0 bridgehead atoms. The molecule has 4 rings (SSSR count). The minimum Gasteiger partial charge on any atom is -0.393 e. The predicted molar refractivity (Wildman–Crippen MR) is 91.0 cm³/mol. The van der Waals surface area contributed by atoms with E-state index in [9.17, 15) is 0 Å². The van der Waals surface area contributed by atoms with Gasteiger partial charge < -0.3 is 10.6 Å². The molecule has 0 radical (unpaired) electrons. The van der Waals surface area contributed by atoms with Crippen LogP contribution in [0.1, 0.15) is 24.3 Å². The average molecular weight is 324 g/mol. The monoisotopic (exact) mass is 324 g/mol. The van der Waals surface area contributed by atoms with Crippen molar-refractivity contribution in [1.29, 1.82) is 0 Å². The maximum Gasteiger partial charge on any atom is 0.181 e. The molecule has 24 heavy (non-hydrogen) atoms. The van der Waals surface area contributed by atoms with E-state index < -0.39 is 0 Å². The highest BCUT2D eigenvalue weighted by molar-refractivity contribution is 5.70. The fourth-order valence-corrected chi connectivity index (χ4v) is 3.30. The fourth-order valence-electron chi connectivity index (χ4n) is 3.30. The Balaban J connectivity index is 1.62. The first kappa shape index (κ1) is 14.7. The highest BCUT2D eigenvalue weighted by Crippen LogP contribution is 2.32. The van der Waals surface area contributed by atoms with Crippen molar-refractivity contribution >= 4 is 11.5 Å². The number of aryl methyl sites for hydroxylation is 1. The van der Waals surface area contributed by atoms with Gasteiger partial charge >= 0.3 is 0 Å². The Hall–Kier alpha value is -2.90. The minimum atomic E-state index is 0.440. The van der Waals surface area contributed by atoms with Crippen LogP contribution in [-0.4, -0.2) is 42.6 Å². The lowest BCUT2D eigenvalue weighted by atomic mass is 9.93. The maximum absolute atomic E-state index is 6.35. The van der Waals surface area contributed by atoms with Crippen LogP contribution in [0.15, 0.2) is 37.2 Å². The molecule has 8 heteroatoms. The van der Waals surface area contributed by atoms with Crippen molar-refractivity contribution in [3.63, 3.8) is 0 Å². The Bertz CT molecular complexity index is 822. The van der Waals surface area contributed by atoms with Crippen LogP contribution in [0.25, 0.3) is 5.82 Å². The predicted octanol–water partition coefficient (Wildman–Crippen LogP) is 1.36. The van der Waals surface area contributed by atoms with Gasteiger partial charge in [-0.15, -0.1) is 0 Å². The lowest BCUT2D eigenvalue weighted by molar-refractivity contribution is 0.507. The normalized spacial score (nSPS) is 18.0. The first-order chi connectivity index (χ1) is 11.7. The van der Waals surface area contributed by atoms with Gasteiger partial charge in [-0.1, -0.05) is 0 Å². The highest BCUT2D eigenvalue weighted by atomic mass is 15.3. The highest BCUT2D eigenvalue weighted by Gasteiger charge is 2.25. The van der Waals surface area contributed by atoms with Crippen LogP contribution in [0, 0.1) is 0 Å². The van der Waals surface area contributed by atoms with Crippen molar-refractivity contribution in [3.8, 4) is 5.82 Å². The van der Waals surface area contributed by atoms with Crippen molar-refractivity contribution in [1.82, 2.24) is 29.5 Å². The molecule has 3 aromatic rings. The number of anilines is 2. The van der Waals surface area contributed by atoms with E-state index in [1.165, 1.54) is 5.56 Å². The van der Waals surface area contributed by atoms with Gasteiger partial charge in [0, 0.05) is 44.6 Å². The van der Waals surface area contributed by atoms with E-state index in [1.807, 2.05) is 30.2 Å². The molecule has 0 saturated carbocycles. The fraction of sp³-hybridized carbons (Fsp3) is 0.375. The first-order valence-corrected chi connectivity index (χ1v) is 8.06. The van der Waals surface area contributed by atoms with Crippen LogP contribution in [-0.2, 0) is 7.05 Å². The van der Waals surface area contributed by atoms with E-state index >= 15 is 0 Å². The zero-order valence-corrected chi connectivity index (χ0v) is 13.6. The van der Waals surface area contributed by atoms with E-state index in [1.54, 1.807) is 17.2 Å². The zero-order chi connectivity index (χ0) is 16.5. The molecule has 1 aliphatic rings. The van der Waals surface area contributed by atoms with Crippen molar-refractivity contribution < 1.29 is 0 Å². The van der Waals surface area contributed by atoms with E-state index in [4.69, 9.17) is 5.73 Å². The van der Waals surface area contributed by atoms with Gasteiger partial charge in [-0.2, -0.15) is 10.2 Å². The quantitative estimate of drug-likeness (QED) is 0.782. The Morgan fingerprint density at radius 2 is 2.08 bits per heavy atom. The van der Waals surface area contributed by atoms with E-state index in [-0.39, 0.29) is 0 Å². The Morgan fingerprint density at radius 3 is 2.83 bits per heavy atom. The number of nitrogen functional groups attached to an aromatic ring is 1. The summed E-state index contributed by atoms with van der Waals surface area (Å²) in [6.07, 6.45) is 11.4. The number of hydrogen-bond acceptors (Lipinski definition) is 6. The van der Waals surface area contributed by atoms with Crippen molar-refractivity contribution in [2.45, 2.75) is 18.8 Å². The van der Waals surface area contributed by atoms with Crippen LogP contribution in [0.2, 0.25) is 0 Å². The SMILES string of the molecule is Cn1cc(C2CCCN(c3ncnc(-n4cccn4)c3N)C2)cn1. The van der Waals surface area contributed by atoms with Gasteiger partial charge in [-0.05, 0) is 24.5 Å². The first-order valence-electron chi connectivity index (χ1n) is 8.06. The number of piperidine rings is 1. The maximum atomic E-state index is 6.35.